The lowest BCUT2D eigenvalue weighted by atomic mass is 9.84. The molecule has 0 fully saturated rings. The zero-order valence-electron chi connectivity index (χ0n) is 8.64. The van der Waals surface area contributed by atoms with Gasteiger partial charge in [0, 0.05) is 0 Å². The molecule has 0 saturated heterocycles. The summed E-state index contributed by atoms with van der Waals surface area (Å²) in [5, 5.41) is 16.2. The summed E-state index contributed by atoms with van der Waals surface area (Å²) in [6.07, 6.45) is 3.19. The number of aromatic nitrogens is 3. The Bertz CT molecular complexity index is 300. The maximum absolute atomic E-state index is 10.7. The first kappa shape index (κ1) is 10.7. The van der Waals surface area contributed by atoms with Gasteiger partial charge < -0.3 is 9.67 Å². The number of hydrogen-bond acceptors (Lipinski definition) is 3. The van der Waals surface area contributed by atoms with E-state index >= 15 is 0 Å². The number of hydrogen-bond donors (Lipinski definition) is 1. The smallest absolute Gasteiger partial charge is 0.305 e. The molecule has 0 amide bonds. The summed E-state index contributed by atoms with van der Waals surface area (Å²) in [5.74, 6) is -0.807. The first-order valence-electron chi connectivity index (χ1n) is 4.47. The Hall–Kier alpha value is -1.39. The number of carboxylic acid groups (broad SMARTS) is 1. The Kier molecular flexibility index (Phi) is 2.88. The first-order valence-corrected chi connectivity index (χ1v) is 4.47. The van der Waals surface area contributed by atoms with Crippen molar-refractivity contribution < 1.29 is 9.90 Å². The van der Waals surface area contributed by atoms with Gasteiger partial charge >= 0.3 is 5.97 Å². The molecule has 0 aromatic carbocycles. The van der Waals surface area contributed by atoms with Crippen LogP contribution in [0.5, 0.6) is 0 Å². The highest BCUT2D eigenvalue weighted by atomic mass is 16.4. The van der Waals surface area contributed by atoms with Crippen LogP contribution in [0.25, 0.3) is 0 Å². The molecule has 1 aromatic rings. The van der Waals surface area contributed by atoms with E-state index < -0.39 is 5.97 Å². The lowest BCUT2D eigenvalue weighted by molar-refractivity contribution is -0.138. The summed E-state index contributed by atoms with van der Waals surface area (Å²) in [6.45, 7) is 6.00. The van der Waals surface area contributed by atoms with Gasteiger partial charge in [0.05, 0.1) is 12.5 Å². The molecule has 78 valence electrons. The summed E-state index contributed by atoms with van der Waals surface area (Å²) in [7, 11) is 0. The van der Waals surface area contributed by atoms with Crippen LogP contribution in [0, 0.1) is 5.41 Å². The van der Waals surface area contributed by atoms with Gasteiger partial charge in [0.2, 0.25) is 0 Å². The fourth-order valence-electron chi connectivity index (χ4n) is 1.39. The summed E-state index contributed by atoms with van der Waals surface area (Å²) in [4.78, 5) is 10.7. The van der Waals surface area contributed by atoms with E-state index in [0.29, 0.717) is 0 Å². The predicted octanol–water partition coefficient (Wildman–Crippen LogP) is 1.34. The molecule has 14 heavy (non-hydrogen) atoms. The van der Waals surface area contributed by atoms with E-state index in [0.717, 1.165) is 0 Å². The van der Waals surface area contributed by atoms with E-state index in [-0.39, 0.29) is 17.9 Å². The summed E-state index contributed by atoms with van der Waals surface area (Å²) in [5.41, 5.74) is -0.124. The average molecular weight is 197 g/mol. The van der Waals surface area contributed by atoms with E-state index in [9.17, 15) is 4.79 Å². The van der Waals surface area contributed by atoms with Crippen molar-refractivity contribution in [2.24, 2.45) is 5.41 Å². The molecule has 0 spiro atoms. The lowest BCUT2D eigenvalue weighted by Crippen LogP contribution is -2.26. The fraction of sp³-hybridized carbons (Fsp3) is 0.667. The third kappa shape index (κ3) is 2.55. The van der Waals surface area contributed by atoms with Gasteiger partial charge in [0.25, 0.3) is 0 Å². The van der Waals surface area contributed by atoms with Crippen molar-refractivity contribution in [1.29, 1.82) is 0 Å². The maximum atomic E-state index is 10.7. The second-order valence-corrected chi connectivity index (χ2v) is 4.39. The van der Waals surface area contributed by atoms with Crippen LogP contribution >= 0.6 is 0 Å². The molecule has 5 nitrogen and oxygen atoms in total. The summed E-state index contributed by atoms with van der Waals surface area (Å²) >= 11 is 0. The molecule has 0 bridgehead atoms. The number of aliphatic carboxylic acids is 1. The minimum Gasteiger partial charge on any atom is -0.481 e. The molecule has 1 aromatic heterocycles. The van der Waals surface area contributed by atoms with Crippen molar-refractivity contribution in [3.63, 3.8) is 0 Å². The molecule has 1 atom stereocenters. The van der Waals surface area contributed by atoms with Gasteiger partial charge in [-0.15, -0.1) is 10.2 Å². The van der Waals surface area contributed by atoms with Crippen LogP contribution in [0.2, 0.25) is 0 Å². The van der Waals surface area contributed by atoms with Gasteiger partial charge in [-0.3, -0.25) is 4.79 Å². The van der Waals surface area contributed by atoms with Crippen LogP contribution in [0.3, 0.4) is 0 Å². The molecule has 0 radical (unpaired) electrons. The second kappa shape index (κ2) is 3.77. The van der Waals surface area contributed by atoms with Crippen LogP contribution in [0.15, 0.2) is 12.7 Å². The number of carboxylic acids is 1. The van der Waals surface area contributed by atoms with Gasteiger partial charge in [0.15, 0.2) is 0 Å². The number of rotatable bonds is 3. The van der Waals surface area contributed by atoms with Crippen molar-refractivity contribution in [2.75, 3.05) is 0 Å². The van der Waals surface area contributed by atoms with E-state index in [1.54, 1.807) is 17.2 Å². The van der Waals surface area contributed by atoms with Gasteiger partial charge in [-0.25, -0.2) is 0 Å². The fourth-order valence-corrected chi connectivity index (χ4v) is 1.39. The molecule has 0 aliphatic heterocycles. The molecule has 1 unspecified atom stereocenters. The predicted molar refractivity (Wildman–Crippen MR) is 50.8 cm³/mol. The number of nitrogens with zero attached hydrogens (tertiary/aromatic N) is 3. The first-order chi connectivity index (χ1) is 6.41. The highest BCUT2D eigenvalue weighted by Crippen LogP contribution is 2.32. The second-order valence-electron chi connectivity index (χ2n) is 4.39. The quantitative estimate of drug-likeness (QED) is 0.793. The van der Waals surface area contributed by atoms with Crippen LogP contribution in [0.4, 0.5) is 0 Å². The Morgan fingerprint density at radius 3 is 2.29 bits per heavy atom. The highest BCUT2D eigenvalue weighted by molar-refractivity contribution is 5.67. The van der Waals surface area contributed by atoms with Crippen molar-refractivity contribution >= 4 is 5.97 Å². The molecule has 0 saturated carbocycles. The van der Waals surface area contributed by atoms with Crippen LogP contribution in [-0.2, 0) is 4.79 Å². The third-order valence-electron chi connectivity index (χ3n) is 2.16. The monoisotopic (exact) mass is 197 g/mol. The molecule has 1 heterocycles. The van der Waals surface area contributed by atoms with Crippen molar-refractivity contribution in [3.05, 3.63) is 12.7 Å². The van der Waals surface area contributed by atoms with Gasteiger partial charge in [0.1, 0.15) is 12.7 Å². The van der Waals surface area contributed by atoms with E-state index in [1.165, 1.54) is 0 Å². The van der Waals surface area contributed by atoms with E-state index in [2.05, 4.69) is 10.2 Å². The van der Waals surface area contributed by atoms with Crippen LogP contribution < -0.4 is 0 Å². The molecular weight excluding hydrogens is 182 g/mol. The molecule has 1 N–H and O–H groups in total. The number of carbonyl (C=O) groups is 1. The minimum atomic E-state index is -0.807. The SMILES string of the molecule is CC(C)(C)C(CC(=O)O)n1cnnc1. The molecule has 0 aliphatic rings. The van der Waals surface area contributed by atoms with Gasteiger partial charge in [-0.05, 0) is 5.41 Å². The zero-order valence-corrected chi connectivity index (χ0v) is 8.64. The molecular formula is C9H15N3O2. The Morgan fingerprint density at radius 1 is 1.43 bits per heavy atom. The average Bonchev–Trinajstić information content (AvgIpc) is 2.49. The normalized spacial score (nSPS) is 13.9. The Labute approximate surface area is 82.8 Å². The lowest BCUT2D eigenvalue weighted by Gasteiger charge is -2.29. The van der Waals surface area contributed by atoms with Crippen LogP contribution in [-0.4, -0.2) is 25.8 Å². The standard InChI is InChI=1S/C9H15N3O2/c1-9(2,3)7(4-8(13)14)12-5-10-11-6-12/h5-7H,4H2,1-3H3,(H,13,14). The third-order valence-corrected chi connectivity index (χ3v) is 2.16. The molecule has 5 heteroatoms. The van der Waals surface area contributed by atoms with Gasteiger partial charge in [-0.2, -0.15) is 0 Å². The Morgan fingerprint density at radius 2 is 1.93 bits per heavy atom. The largest absolute Gasteiger partial charge is 0.481 e. The van der Waals surface area contributed by atoms with E-state index in [4.69, 9.17) is 5.11 Å². The van der Waals surface area contributed by atoms with E-state index in [1.807, 2.05) is 20.8 Å². The van der Waals surface area contributed by atoms with Crippen molar-refractivity contribution in [1.82, 2.24) is 14.8 Å². The van der Waals surface area contributed by atoms with Crippen molar-refractivity contribution in [2.45, 2.75) is 33.2 Å². The molecule has 1 rings (SSSR count). The summed E-state index contributed by atoms with van der Waals surface area (Å²) in [6, 6.07) is -0.116. The van der Waals surface area contributed by atoms with Gasteiger partial charge in [-0.1, -0.05) is 20.8 Å². The topological polar surface area (TPSA) is 68.0 Å². The minimum absolute atomic E-state index is 0.0849. The Balaban J connectivity index is 2.89. The zero-order chi connectivity index (χ0) is 10.8. The highest BCUT2D eigenvalue weighted by Gasteiger charge is 2.28. The van der Waals surface area contributed by atoms with Crippen LogP contribution in [0.1, 0.15) is 33.2 Å². The molecule has 0 aliphatic carbocycles. The summed E-state index contributed by atoms with van der Waals surface area (Å²) < 4.78 is 1.74. The maximum Gasteiger partial charge on any atom is 0.305 e. The van der Waals surface area contributed by atoms with Crippen molar-refractivity contribution in [3.8, 4) is 0 Å².